The molecule has 0 fully saturated rings. The molecule has 0 bridgehead atoms. The topological polar surface area (TPSA) is 116 Å². The molecule has 0 atom stereocenters. The van der Waals surface area contributed by atoms with E-state index in [1.807, 2.05) is 6.92 Å². The van der Waals surface area contributed by atoms with Gasteiger partial charge in [0.05, 0.1) is 12.2 Å². The van der Waals surface area contributed by atoms with Crippen molar-refractivity contribution in [3.8, 4) is 0 Å². The number of carbonyl (C=O) groups excluding carboxylic acids is 2. The average Bonchev–Trinajstić information content (AvgIpc) is 3.04. The van der Waals surface area contributed by atoms with E-state index in [1.54, 1.807) is 24.3 Å². The molecule has 0 unspecified atom stereocenters. The predicted molar refractivity (Wildman–Crippen MR) is 89.1 cm³/mol. The number of amides is 1. The van der Waals surface area contributed by atoms with E-state index < -0.39 is 10.9 Å². The van der Waals surface area contributed by atoms with Gasteiger partial charge in [0.25, 0.3) is 0 Å². The van der Waals surface area contributed by atoms with Gasteiger partial charge in [0.2, 0.25) is 12.2 Å². The molecular formula is C16H18N4O5. The molecule has 0 saturated carbocycles. The third-order valence-corrected chi connectivity index (χ3v) is 3.27. The standard InChI is InChI=1S/C16H18N4O5/c1-2-3-8-25-16(22)12-4-6-13(7-5-12)18-15(21)10-19-9-14(17-11-19)20(23)24/h4-7,9,11H,2-3,8,10H2,1H3,(H,18,21). The Bertz CT molecular complexity index is 754. The lowest BCUT2D eigenvalue weighted by Gasteiger charge is -2.07. The summed E-state index contributed by atoms with van der Waals surface area (Å²) in [7, 11) is 0. The predicted octanol–water partition coefficient (Wildman–Crippen LogP) is 2.39. The lowest BCUT2D eigenvalue weighted by atomic mass is 10.2. The molecule has 2 rings (SSSR count). The Balaban J connectivity index is 1.88. The van der Waals surface area contributed by atoms with Crippen LogP contribution in [0.2, 0.25) is 0 Å². The van der Waals surface area contributed by atoms with Crippen LogP contribution in [0.3, 0.4) is 0 Å². The Kier molecular flexibility index (Phi) is 6.21. The van der Waals surface area contributed by atoms with Gasteiger partial charge in [-0.15, -0.1) is 0 Å². The van der Waals surface area contributed by atoms with Crippen LogP contribution in [-0.4, -0.2) is 33.0 Å². The van der Waals surface area contributed by atoms with Crippen molar-refractivity contribution in [2.75, 3.05) is 11.9 Å². The molecular weight excluding hydrogens is 328 g/mol. The van der Waals surface area contributed by atoms with Gasteiger partial charge in [-0.1, -0.05) is 13.3 Å². The zero-order chi connectivity index (χ0) is 18.2. The Labute approximate surface area is 143 Å². The van der Waals surface area contributed by atoms with Crippen molar-refractivity contribution in [2.24, 2.45) is 0 Å². The third kappa shape index (κ3) is 5.41. The van der Waals surface area contributed by atoms with Crippen molar-refractivity contribution >= 4 is 23.4 Å². The molecule has 1 N–H and O–H groups in total. The summed E-state index contributed by atoms with van der Waals surface area (Å²) >= 11 is 0. The first-order valence-corrected chi connectivity index (χ1v) is 7.72. The number of hydrogen-bond acceptors (Lipinski definition) is 6. The van der Waals surface area contributed by atoms with Crippen molar-refractivity contribution in [1.82, 2.24) is 9.55 Å². The van der Waals surface area contributed by atoms with Crippen LogP contribution in [0.1, 0.15) is 30.1 Å². The number of esters is 1. The van der Waals surface area contributed by atoms with E-state index in [2.05, 4.69) is 10.3 Å². The summed E-state index contributed by atoms with van der Waals surface area (Å²) < 4.78 is 6.41. The Morgan fingerprint density at radius 2 is 2.04 bits per heavy atom. The number of imidazole rings is 1. The highest BCUT2D eigenvalue weighted by Gasteiger charge is 2.12. The highest BCUT2D eigenvalue weighted by molar-refractivity contribution is 5.93. The highest BCUT2D eigenvalue weighted by Crippen LogP contribution is 2.12. The van der Waals surface area contributed by atoms with Gasteiger partial charge in [-0.3, -0.25) is 4.79 Å². The van der Waals surface area contributed by atoms with Crippen molar-refractivity contribution in [3.05, 3.63) is 52.5 Å². The number of anilines is 1. The van der Waals surface area contributed by atoms with Gasteiger partial charge >= 0.3 is 11.8 Å². The van der Waals surface area contributed by atoms with Crippen LogP contribution in [0.5, 0.6) is 0 Å². The number of carbonyl (C=O) groups is 2. The van der Waals surface area contributed by atoms with E-state index in [0.29, 0.717) is 17.9 Å². The summed E-state index contributed by atoms with van der Waals surface area (Å²) in [6.07, 6.45) is 4.15. The minimum Gasteiger partial charge on any atom is -0.462 e. The molecule has 0 spiro atoms. The maximum atomic E-state index is 11.9. The number of nitrogens with one attached hydrogen (secondary N) is 1. The molecule has 132 valence electrons. The van der Waals surface area contributed by atoms with Crippen molar-refractivity contribution in [1.29, 1.82) is 0 Å². The van der Waals surface area contributed by atoms with Crippen molar-refractivity contribution < 1.29 is 19.2 Å². The molecule has 25 heavy (non-hydrogen) atoms. The van der Waals surface area contributed by atoms with Crippen LogP contribution in [0.4, 0.5) is 11.5 Å². The summed E-state index contributed by atoms with van der Waals surface area (Å²) in [4.78, 5) is 37.2. The second-order valence-corrected chi connectivity index (χ2v) is 5.28. The largest absolute Gasteiger partial charge is 0.462 e. The SMILES string of the molecule is CCCCOC(=O)c1ccc(NC(=O)Cn2cnc([N+](=O)[O-])c2)cc1. The van der Waals surface area contributed by atoms with Crippen LogP contribution < -0.4 is 5.32 Å². The number of benzene rings is 1. The molecule has 0 radical (unpaired) electrons. The number of nitrogens with zero attached hydrogens (tertiary/aromatic N) is 3. The molecule has 1 heterocycles. The maximum Gasteiger partial charge on any atom is 0.381 e. The van der Waals surface area contributed by atoms with Crippen molar-refractivity contribution in [3.63, 3.8) is 0 Å². The number of unbranched alkanes of at least 4 members (excludes halogenated alkanes) is 1. The van der Waals surface area contributed by atoms with E-state index in [1.165, 1.54) is 17.1 Å². The molecule has 2 aromatic rings. The average molecular weight is 346 g/mol. The second kappa shape index (κ2) is 8.57. The summed E-state index contributed by atoms with van der Waals surface area (Å²) in [6.45, 7) is 2.28. The first-order valence-electron chi connectivity index (χ1n) is 7.72. The number of nitro groups is 1. The molecule has 0 aliphatic heterocycles. The Morgan fingerprint density at radius 3 is 2.64 bits per heavy atom. The zero-order valence-electron chi connectivity index (χ0n) is 13.7. The molecule has 0 aliphatic rings. The lowest BCUT2D eigenvalue weighted by Crippen LogP contribution is -2.18. The quantitative estimate of drug-likeness (QED) is 0.339. The maximum absolute atomic E-state index is 11.9. The molecule has 1 amide bonds. The van der Waals surface area contributed by atoms with Gasteiger partial charge in [0.1, 0.15) is 12.7 Å². The van der Waals surface area contributed by atoms with Crippen LogP contribution in [-0.2, 0) is 16.1 Å². The third-order valence-electron chi connectivity index (χ3n) is 3.27. The summed E-state index contributed by atoms with van der Waals surface area (Å²) in [5.74, 6) is -1.10. The second-order valence-electron chi connectivity index (χ2n) is 5.28. The van der Waals surface area contributed by atoms with Crippen LogP contribution >= 0.6 is 0 Å². The van der Waals surface area contributed by atoms with Gasteiger partial charge in [-0.05, 0) is 40.6 Å². The fourth-order valence-corrected chi connectivity index (χ4v) is 1.98. The van der Waals surface area contributed by atoms with Gasteiger partial charge in [-0.2, -0.15) is 0 Å². The summed E-state index contributed by atoms with van der Waals surface area (Å²) in [6, 6.07) is 6.30. The van der Waals surface area contributed by atoms with Crippen LogP contribution in [0, 0.1) is 10.1 Å². The zero-order valence-corrected chi connectivity index (χ0v) is 13.7. The minimum atomic E-state index is -0.632. The monoisotopic (exact) mass is 346 g/mol. The smallest absolute Gasteiger partial charge is 0.381 e. The van der Waals surface area contributed by atoms with Gasteiger partial charge in [-0.25, -0.2) is 4.79 Å². The summed E-state index contributed by atoms with van der Waals surface area (Å²) in [5.41, 5.74) is 0.907. The van der Waals surface area contributed by atoms with Crippen LogP contribution in [0.25, 0.3) is 0 Å². The first-order chi connectivity index (χ1) is 12.0. The van der Waals surface area contributed by atoms with Crippen LogP contribution in [0.15, 0.2) is 36.8 Å². The minimum absolute atomic E-state index is 0.109. The van der Waals surface area contributed by atoms with Gasteiger partial charge < -0.3 is 24.7 Å². The first kappa shape index (κ1) is 18.1. The number of hydrogen-bond donors (Lipinski definition) is 1. The molecule has 1 aromatic heterocycles. The Hall–Kier alpha value is -3.23. The Morgan fingerprint density at radius 1 is 1.32 bits per heavy atom. The normalized spacial score (nSPS) is 10.3. The summed E-state index contributed by atoms with van der Waals surface area (Å²) in [5, 5.41) is 13.2. The molecule has 0 aliphatic carbocycles. The molecule has 9 nitrogen and oxygen atoms in total. The van der Waals surface area contributed by atoms with E-state index in [9.17, 15) is 19.7 Å². The number of ether oxygens (including phenoxy) is 1. The molecule has 9 heteroatoms. The van der Waals surface area contributed by atoms with E-state index in [4.69, 9.17) is 4.74 Å². The van der Waals surface area contributed by atoms with E-state index in [0.717, 1.165) is 12.8 Å². The van der Waals surface area contributed by atoms with Gasteiger partial charge in [0.15, 0.2) is 0 Å². The fourth-order valence-electron chi connectivity index (χ4n) is 1.98. The lowest BCUT2D eigenvalue weighted by molar-refractivity contribution is -0.389. The fraction of sp³-hybridized carbons (Fsp3) is 0.312. The highest BCUT2D eigenvalue weighted by atomic mass is 16.6. The molecule has 0 saturated heterocycles. The van der Waals surface area contributed by atoms with E-state index in [-0.39, 0.29) is 18.3 Å². The number of aromatic nitrogens is 2. The number of rotatable bonds is 8. The van der Waals surface area contributed by atoms with Crippen molar-refractivity contribution in [2.45, 2.75) is 26.3 Å². The van der Waals surface area contributed by atoms with Gasteiger partial charge in [0, 0.05) is 5.69 Å². The molecule has 1 aromatic carbocycles. The van der Waals surface area contributed by atoms with E-state index >= 15 is 0 Å².